The highest BCUT2D eigenvalue weighted by Crippen LogP contribution is 2.31. The number of furan rings is 1. The molecule has 0 radical (unpaired) electrons. The van der Waals surface area contributed by atoms with Crippen molar-refractivity contribution in [3.63, 3.8) is 0 Å². The molecule has 4 rings (SSSR count). The van der Waals surface area contributed by atoms with E-state index in [0.29, 0.717) is 17.6 Å². The molecule has 2 heterocycles. The second-order valence-corrected chi connectivity index (χ2v) is 7.22. The van der Waals surface area contributed by atoms with Crippen LogP contribution in [0.2, 0.25) is 0 Å². The van der Waals surface area contributed by atoms with Crippen molar-refractivity contribution in [2.24, 2.45) is 0 Å². The topological polar surface area (TPSA) is 68.0 Å². The van der Waals surface area contributed by atoms with Gasteiger partial charge in [-0.25, -0.2) is 9.97 Å². The standard InChI is InChI=1S/C18H17N3O2S/c1-11(17(22)19-12-8-9-12)24-18-13-5-2-3-6-14(13)20-16(21-18)15-7-4-10-23-15/h2-7,10-12H,8-9H2,1H3,(H,19,22). The van der Waals surface area contributed by atoms with Crippen LogP contribution < -0.4 is 5.32 Å². The number of aromatic nitrogens is 2. The molecule has 0 spiro atoms. The molecule has 1 N–H and O–H groups in total. The molecular weight excluding hydrogens is 322 g/mol. The lowest BCUT2D eigenvalue weighted by Gasteiger charge is -2.13. The number of nitrogens with zero attached hydrogens (tertiary/aromatic N) is 2. The summed E-state index contributed by atoms with van der Waals surface area (Å²) < 4.78 is 5.42. The maximum absolute atomic E-state index is 12.3. The number of hydrogen-bond acceptors (Lipinski definition) is 5. The Kier molecular flexibility index (Phi) is 3.98. The van der Waals surface area contributed by atoms with Gasteiger partial charge in [0.05, 0.1) is 17.0 Å². The highest BCUT2D eigenvalue weighted by atomic mass is 32.2. The highest BCUT2D eigenvalue weighted by Gasteiger charge is 2.26. The zero-order valence-corrected chi connectivity index (χ0v) is 14.0. The molecule has 24 heavy (non-hydrogen) atoms. The number of para-hydroxylation sites is 1. The predicted octanol–water partition coefficient (Wildman–Crippen LogP) is 3.65. The van der Waals surface area contributed by atoms with Crippen LogP contribution in [-0.2, 0) is 4.79 Å². The van der Waals surface area contributed by atoms with Crippen molar-refractivity contribution in [1.29, 1.82) is 0 Å². The SMILES string of the molecule is CC(Sc1nc(-c2ccco2)nc2ccccc12)C(=O)NC1CC1. The van der Waals surface area contributed by atoms with Crippen LogP contribution in [0.1, 0.15) is 19.8 Å². The molecule has 2 aromatic heterocycles. The number of rotatable bonds is 5. The van der Waals surface area contributed by atoms with E-state index < -0.39 is 0 Å². The fourth-order valence-electron chi connectivity index (χ4n) is 2.42. The second kappa shape index (κ2) is 6.28. The molecular formula is C18H17N3O2S. The van der Waals surface area contributed by atoms with Crippen LogP contribution in [0.4, 0.5) is 0 Å². The summed E-state index contributed by atoms with van der Waals surface area (Å²) >= 11 is 1.46. The van der Waals surface area contributed by atoms with Crippen LogP contribution in [0, 0.1) is 0 Å². The summed E-state index contributed by atoms with van der Waals surface area (Å²) in [5, 5.41) is 4.57. The summed E-state index contributed by atoms with van der Waals surface area (Å²) in [5.74, 6) is 1.22. The van der Waals surface area contributed by atoms with Crippen LogP contribution >= 0.6 is 11.8 Å². The molecule has 1 aliphatic carbocycles. The average Bonchev–Trinajstić information content (AvgIpc) is 3.23. The molecule has 1 fully saturated rings. The summed E-state index contributed by atoms with van der Waals surface area (Å²) in [6.07, 6.45) is 3.77. The third-order valence-electron chi connectivity index (χ3n) is 3.89. The van der Waals surface area contributed by atoms with Crippen molar-refractivity contribution < 1.29 is 9.21 Å². The Morgan fingerprint density at radius 1 is 1.25 bits per heavy atom. The van der Waals surface area contributed by atoms with E-state index in [2.05, 4.69) is 15.3 Å². The number of carbonyl (C=O) groups is 1. The van der Waals surface area contributed by atoms with Crippen LogP contribution in [0.15, 0.2) is 52.1 Å². The van der Waals surface area contributed by atoms with Crippen molar-refractivity contribution in [2.45, 2.75) is 36.1 Å². The summed E-state index contributed by atoms with van der Waals surface area (Å²) in [6, 6.07) is 11.8. The van der Waals surface area contributed by atoms with Crippen molar-refractivity contribution in [3.8, 4) is 11.6 Å². The second-order valence-electron chi connectivity index (χ2n) is 5.89. The summed E-state index contributed by atoms with van der Waals surface area (Å²) in [4.78, 5) is 21.5. The van der Waals surface area contributed by atoms with Crippen LogP contribution in [-0.4, -0.2) is 27.2 Å². The molecule has 1 unspecified atom stereocenters. The van der Waals surface area contributed by atoms with Crippen molar-refractivity contribution in [3.05, 3.63) is 42.7 Å². The van der Waals surface area contributed by atoms with Gasteiger partial charge >= 0.3 is 0 Å². The third kappa shape index (κ3) is 3.14. The Morgan fingerprint density at radius 2 is 2.08 bits per heavy atom. The lowest BCUT2D eigenvalue weighted by molar-refractivity contribution is -0.120. The van der Waals surface area contributed by atoms with Gasteiger partial charge in [-0.15, -0.1) is 0 Å². The number of hydrogen-bond donors (Lipinski definition) is 1. The first-order valence-electron chi connectivity index (χ1n) is 7.98. The van der Waals surface area contributed by atoms with E-state index in [-0.39, 0.29) is 11.2 Å². The first-order valence-corrected chi connectivity index (χ1v) is 8.86. The Hall–Kier alpha value is -2.34. The fraction of sp³-hybridized carbons (Fsp3) is 0.278. The summed E-state index contributed by atoms with van der Waals surface area (Å²) in [6.45, 7) is 1.91. The number of thioether (sulfide) groups is 1. The van der Waals surface area contributed by atoms with Gasteiger partial charge < -0.3 is 9.73 Å². The molecule has 1 saturated carbocycles. The van der Waals surface area contributed by atoms with Crippen LogP contribution in [0.3, 0.4) is 0 Å². The number of nitrogens with one attached hydrogen (secondary N) is 1. The van der Waals surface area contributed by atoms with Gasteiger partial charge in [-0.05, 0) is 38.0 Å². The molecule has 5 nitrogen and oxygen atoms in total. The first-order chi connectivity index (χ1) is 11.7. The van der Waals surface area contributed by atoms with Gasteiger partial charge in [-0.1, -0.05) is 30.0 Å². The highest BCUT2D eigenvalue weighted by molar-refractivity contribution is 8.00. The van der Waals surface area contributed by atoms with Crippen LogP contribution in [0.5, 0.6) is 0 Å². The maximum Gasteiger partial charge on any atom is 0.233 e. The molecule has 0 saturated heterocycles. The Morgan fingerprint density at radius 3 is 2.83 bits per heavy atom. The Labute approximate surface area is 143 Å². The predicted molar refractivity (Wildman–Crippen MR) is 93.7 cm³/mol. The molecule has 1 aliphatic rings. The first kappa shape index (κ1) is 15.2. The van der Waals surface area contributed by atoms with Gasteiger partial charge in [0, 0.05) is 11.4 Å². The largest absolute Gasteiger partial charge is 0.461 e. The van der Waals surface area contributed by atoms with Crippen molar-refractivity contribution in [2.75, 3.05) is 0 Å². The Bertz CT molecular complexity index is 875. The fourth-order valence-corrected chi connectivity index (χ4v) is 3.37. The molecule has 3 aromatic rings. The van der Waals surface area contributed by atoms with E-state index in [1.807, 2.05) is 43.3 Å². The van der Waals surface area contributed by atoms with E-state index in [0.717, 1.165) is 28.8 Å². The van der Waals surface area contributed by atoms with E-state index in [1.165, 1.54) is 11.8 Å². The lowest BCUT2D eigenvalue weighted by atomic mass is 10.2. The average molecular weight is 339 g/mol. The monoisotopic (exact) mass is 339 g/mol. The molecule has 0 bridgehead atoms. The molecule has 1 aromatic carbocycles. The van der Waals surface area contributed by atoms with E-state index in [1.54, 1.807) is 6.26 Å². The number of amides is 1. The third-order valence-corrected chi connectivity index (χ3v) is 4.99. The minimum absolute atomic E-state index is 0.0599. The van der Waals surface area contributed by atoms with E-state index in [4.69, 9.17) is 4.42 Å². The number of fused-ring (bicyclic) bond motifs is 1. The van der Waals surface area contributed by atoms with E-state index in [9.17, 15) is 4.79 Å². The Balaban J connectivity index is 1.68. The van der Waals surface area contributed by atoms with Gasteiger partial charge in [0.2, 0.25) is 5.91 Å². The number of carbonyl (C=O) groups excluding carboxylic acids is 1. The van der Waals surface area contributed by atoms with Crippen molar-refractivity contribution >= 4 is 28.6 Å². The molecule has 6 heteroatoms. The zero-order chi connectivity index (χ0) is 16.5. The quantitative estimate of drug-likeness (QED) is 0.568. The smallest absolute Gasteiger partial charge is 0.233 e. The van der Waals surface area contributed by atoms with E-state index >= 15 is 0 Å². The van der Waals surface area contributed by atoms with Gasteiger partial charge in [0.25, 0.3) is 0 Å². The minimum Gasteiger partial charge on any atom is -0.461 e. The maximum atomic E-state index is 12.3. The van der Waals surface area contributed by atoms with Gasteiger partial charge in [-0.3, -0.25) is 4.79 Å². The van der Waals surface area contributed by atoms with Crippen LogP contribution in [0.25, 0.3) is 22.5 Å². The summed E-state index contributed by atoms with van der Waals surface area (Å²) in [5.41, 5.74) is 0.844. The lowest BCUT2D eigenvalue weighted by Crippen LogP contribution is -2.32. The number of benzene rings is 1. The van der Waals surface area contributed by atoms with Gasteiger partial charge in [0.15, 0.2) is 11.6 Å². The van der Waals surface area contributed by atoms with Crippen molar-refractivity contribution in [1.82, 2.24) is 15.3 Å². The van der Waals surface area contributed by atoms with Gasteiger partial charge in [-0.2, -0.15) is 0 Å². The summed E-state index contributed by atoms with van der Waals surface area (Å²) in [7, 11) is 0. The molecule has 122 valence electrons. The molecule has 1 amide bonds. The minimum atomic E-state index is -0.214. The normalized spacial score (nSPS) is 15.4. The zero-order valence-electron chi connectivity index (χ0n) is 13.2. The molecule has 0 aliphatic heterocycles. The van der Waals surface area contributed by atoms with Gasteiger partial charge in [0.1, 0.15) is 5.03 Å². The molecule has 1 atom stereocenters.